The summed E-state index contributed by atoms with van der Waals surface area (Å²) in [6, 6.07) is 29.6. The van der Waals surface area contributed by atoms with Crippen molar-refractivity contribution >= 4 is 27.2 Å². The molecule has 0 heterocycles. The lowest BCUT2D eigenvalue weighted by Gasteiger charge is -2.35. The summed E-state index contributed by atoms with van der Waals surface area (Å²) in [7, 11) is 0. The van der Waals surface area contributed by atoms with Crippen molar-refractivity contribution < 1.29 is 0 Å². The lowest BCUT2D eigenvalue weighted by Crippen LogP contribution is -2.34. The Morgan fingerprint density at radius 1 is 0.769 bits per heavy atom. The van der Waals surface area contributed by atoms with Crippen molar-refractivity contribution in [1.29, 1.82) is 0 Å². The van der Waals surface area contributed by atoms with Gasteiger partial charge in [0, 0.05) is 10.2 Å². The van der Waals surface area contributed by atoms with Crippen LogP contribution in [0.2, 0.25) is 0 Å². The van der Waals surface area contributed by atoms with E-state index in [9.17, 15) is 0 Å². The highest BCUT2D eigenvalue weighted by Gasteiger charge is 2.30. The van der Waals surface area contributed by atoms with Crippen LogP contribution in [0.15, 0.2) is 108 Å². The monoisotopic (exact) mass is 401 g/mol. The minimum atomic E-state index is -0.243. The number of rotatable bonds is 4. The second-order valence-electron chi connectivity index (χ2n) is 6.53. The van der Waals surface area contributed by atoms with E-state index in [2.05, 4.69) is 124 Å². The van der Waals surface area contributed by atoms with Crippen molar-refractivity contribution in [1.82, 2.24) is 0 Å². The second-order valence-corrected chi connectivity index (χ2v) is 7.45. The number of anilines is 1. The summed E-state index contributed by atoms with van der Waals surface area (Å²) >= 11 is 3.51. The summed E-state index contributed by atoms with van der Waals surface area (Å²) in [5.41, 5.74) is 4.66. The molecule has 0 amide bonds. The van der Waals surface area contributed by atoms with E-state index in [0.717, 1.165) is 16.6 Å². The molecule has 0 aromatic heterocycles. The molecule has 2 heteroatoms. The smallest absolute Gasteiger partial charge is 0.0847 e. The third kappa shape index (κ3) is 3.51. The predicted octanol–water partition coefficient (Wildman–Crippen LogP) is 6.80. The molecular formula is C24H20BrN. The third-order valence-corrected chi connectivity index (χ3v) is 5.33. The lowest BCUT2D eigenvalue weighted by molar-refractivity contribution is 0.620. The van der Waals surface area contributed by atoms with Gasteiger partial charge in [0.1, 0.15) is 0 Å². The molecule has 26 heavy (non-hydrogen) atoms. The van der Waals surface area contributed by atoms with E-state index >= 15 is 0 Å². The fraction of sp³-hybridized carbons (Fsp3) is 0.0833. The fourth-order valence-corrected chi connectivity index (χ4v) is 3.65. The molecule has 1 aliphatic carbocycles. The SMILES string of the molecule is Brc1ccc(NC2(c3ccccc3)C=CC(c3ccccc3)=CC2)cc1. The van der Waals surface area contributed by atoms with E-state index in [1.165, 1.54) is 16.7 Å². The first-order valence-electron chi connectivity index (χ1n) is 8.79. The first-order chi connectivity index (χ1) is 12.8. The van der Waals surface area contributed by atoms with Gasteiger partial charge in [-0.1, -0.05) is 94.8 Å². The van der Waals surface area contributed by atoms with Crippen molar-refractivity contribution in [3.05, 3.63) is 119 Å². The van der Waals surface area contributed by atoms with Crippen LogP contribution in [0.3, 0.4) is 0 Å². The van der Waals surface area contributed by atoms with Gasteiger partial charge in [0.2, 0.25) is 0 Å². The number of benzene rings is 3. The molecule has 1 unspecified atom stereocenters. The van der Waals surface area contributed by atoms with Gasteiger partial charge in [0.15, 0.2) is 0 Å². The molecule has 0 aliphatic heterocycles. The van der Waals surface area contributed by atoms with Gasteiger partial charge in [-0.2, -0.15) is 0 Å². The molecule has 0 radical (unpaired) electrons. The van der Waals surface area contributed by atoms with E-state index in [-0.39, 0.29) is 5.54 Å². The average molecular weight is 402 g/mol. The van der Waals surface area contributed by atoms with Crippen molar-refractivity contribution in [2.24, 2.45) is 0 Å². The molecule has 3 aromatic rings. The number of hydrogen-bond acceptors (Lipinski definition) is 1. The predicted molar refractivity (Wildman–Crippen MR) is 114 cm³/mol. The van der Waals surface area contributed by atoms with Crippen LogP contribution in [-0.4, -0.2) is 0 Å². The topological polar surface area (TPSA) is 12.0 Å². The second kappa shape index (κ2) is 7.35. The van der Waals surface area contributed by atoms with Gasteiger partial charge in [-0.05, 0) is 47.4 Å². The van der Waals surface area contributed by atoms with Gasteiger partial charge in [-0.15, -0.1) is 0 Å². The highest BCUT2D eigenvalue weighted by molar-refractivity contribution is 9.10. The van der Waals surface area contributed by atoms with Crippen LogP contribution in [0, 0.1) is 0 Å². The van der Waals surface area contributed by atoms with Gasteiger partial charge in [-0.3, -0.25) is 0 Å². The first kappa shape index (κ1) is 16.9. The molecule has 0 spiro atoms. The van der Waals surface area contributed by atoms with Gasteiger partial charge in [0.05, 0.1) is 5.54 Å². The molecule has 0 bridgehead atoms. The third-order valence-electron chi connectivity index (χ3n) is 4.80. The van der Waals surface area contributed by atoms with Gasteiger partial charge >= 0.3 is 0 Å². The number of nitrogens with one attached hydrogen (secondary N) is 1. The Kier molecular flexibility index (Phi) is 4.77. The summed E-state index contributed by atoms with van der Waals surface area (Å²) < 4.78 is 1.09. The maximum absolute atomic E-state index is 3.76. The largest absolute Gasteiger partial charge is 0.372 e. The molecule has 1 atom stereocenters. The number of hydrogen-bond donors (Lipinski definition) is 1. The molecule has 0 saturated carbocycles. The Balaban J connectivity index is 1.69. The van der Waals surface area contributed by atoms with E-state index < -0.39 is 0 Å². The van der Waals surface area contributed by atoms with Gasteiger partial charge in [-0.25, -0.2) is 0 Å². The summed E-state index contributed by atoms with van der Waals surface area (Å²) in [5, 5.41) is 3.76. The quantitative estimate of drug-likeness (QED) is 0.506. The van der Waals surface area contributed by atoms with E-state index in [4.69, 9.17) is 0 Å². The fourth-order valence-electron chi connectivity index (χ4n) is 3.39. The highest BCUT2D eigenvalue weighted by Crippen LogP contribution is 2.37. The van der Waals surface area contributed by atoms with Crippen molar-refractivity contribution in [2.45, 2.75) is 12.0 Å². The van der Waals surface area contributed by atoms with Crippen molar-refractivity contribution in [2.75, 3.05) is 5.32 Å². The Bertz CT molecular complexity index is 927. The van der Waals surface area contributed by atoms with Crippen LogP contribution in [0.4, 0.5) is 5.69 Å². The zero-order valence-electron chi connectivity index (χ0n) is 14.4. The van der Waals surface area contributed by atoms with Crippen LogP contribution in [0.1, 0.15) is 17.5 Å². The standard InChI is InChI=1S/C24H20BrN/c25-22-11-13-23(14-12-22)26-24(21-9-5-2-6-10-21)17-15-20(16-18-24)19-7-3-1-4-8-19/h1-17,26H,18H2. The van der Waals surface area contributed by atoms with Gasteiger partial charge in [0.25, 0.3) is 0 Å². The van der Waals surface area contributed by atoms with Crippen molar-refractivity contribution in [3.63, 3.8) is 0 Å². The molecule has 128 valence electrons. The number of halogens is 1. The Hall–Kier alpha value is -2.58. The molecule has 3 aromatic carbocycles. The van der Waals surface area contributed by atoms with Crippen LogP contribution in [0.5, 0.6) is 0 Å². The van der Waals surface area contributed by atoms with Crippen LogP contribution < -0.4 is 5.32 Å². The number of allylic oxidation sites excluding steroid dienone is 2. The molecular weight excluding hydrogens is 382 g/mol. The molecule has 1 N–H and O–H groups in total. The van der Waals surface area contributed by atoms with Crippen LogP contribution in [0.25, 0.3) is 5.57 Å². The summed E-state index contributed by atoms with van der Waals surface area (Å²) in [6.45, 7) is 0. The zero-order valence-corrected chi connectivity index (χ0v) is 16.0. The van der Waals surface area contributed by atoms with E-state index in [0.29, 0.717) is 0 Å². The molecule has 1 nitrogen and oxygen atoms in total. The van der Waals surface area contributed by atoms with Crippen LogP contribution in [-0.2, 0) is 5.54 Å². The van der Waals surface area contributed by atoms with Crippen molar-refractivity contribution in [3.8, 4) is 0 Å². The van der Waals surface area contributed by atoms with Gasteiger partial charge < -0.3 is 5.32 Å². The minimum absolute atomic E-state index is 0.243. The van der Waals surface area contributed by atoms with Crippen LogP contribution >= 0.6 is 15.9 Å². The summed E-state index contributed by atoms with van der Waals surface area (Å²) in [4.78, 5) is 0. The lowest BCUT2D eigenvalue weighted by atomic mass is 9.81. The molecule has 0 saturated heterocycles. The minimum Gasteiger partial charge on any atom is -0.372 e. The van der Waals surface area contributed by atoms with E-state index in [1.807, 2.05) is 0 Å². The normalized spacial score (nSPS) is 19.0. The maximum Gasteiger partial charge on any atom is 0.0847 e. The highest BCUT2D eigenvalue weighted by atomic mass is 79.9. The molecule has 4 rings (SSSR count). The Morgan fingerprint density at radius 2 is 1.42 bits per heavy atom. The molecule has 0 fully saturated rings. The maximum atomic E-state index is 3.76. The zero-order chi connectivity index (χ0) is 17.8. The van der Waals surface area contributed by atoms with E-state index in [1.54, 1.807) is 0 Å². The average Bonchev–Trinajstić information content (AvgIpc) is 2.72. The summed E-state index contributed by atoms with van der Waals surface area (Å²) in [5.74, 6) is 0. The Labute approximate surface area is 163 Å². The molecule has 1 aliphatic rings. The summed E-state index contributed by atoms with van der Waals surface area (Å²) in [6.07, 6.45) is 7.76. The first-order valence-corrected chi connectivity index (χ1v) is 9.59. The Morgan fingerprint density at radius 3 is 2.04 bits per heavy atom.